The lowest BCUT2D eigenvalue weighted by Crippen LogP contribution is -2.07. The van der Waals surface area contributed by atoms with Crippen LogP contribution in [-0.4, -0.2) is 22.1 Å². The maximum absolute atomic E-state index is 13.1. The molecule has 0 aliphatic heterocycles. The average Bonchev–Trinajstić information content (AvgIpc) is 2.99. The van der Waals surface area contributed by atoms with Gasteiger partial charge in [-0.25, -0.2) is 9.07 Å². The van der Waals surface area contributed by atoms with Gasteiger partial charge in [-0.2, -0.15) is 0 Å². The second kappa shape index (κ2) is 6.58. The fourth-order valence-corrected chi connectivity index (χ4v) is 2.41. The highest BCUT2D eigenvalue weighted by atomic mass is 19.1. The molecule has 6 heteroatoms. The van der Waals surface area contributed by atoms with Crippen LogP contribution in [0.2, 0.25) is 0 Å². The minimum Gasteiger partial charge on any atom is -0.497 e. The monoisotopic (exact) mass is 312 g/mol. The molecule has 5 nitrogen and oxygen atoms in total. The molecule has 0 unspecified atom stereocenters. The summed E-state index contributed by atoms with van der Waals surface area (Å²) in [5.41, 5.74) is 9.18. The molecule has 118 valence electrons. The summed E-state index contributed by atoms with van der Waals surface area (Å²) < 4.78 is 20.1. The highest BCUT2D eigenvalue weighted by Gasteiger charge is 2.14. The van der Waals surface area contributed by atoms with Crippen molar-refractivity contribution in [3.8, 4) is 11.4 Å². The Bertz CT molecular complexity index is 799. The maximum atomic E-state index is 13.1. The summed E-state index contributed by atoms with van der Waals surface area (Å²) in [7, 11) is 1.62. The van der Waals surface area contributed by atoms with Crippen LogP contribution >= 0.6 is 0 Å². The second-order valence-electron chi connectivity index (χ2n) is 5.10. The molecule has 1 aromatic heterocycles. The normalized spacial score (nSPS) is 10.7. The van der Waals surface area contributed by atoms with Crippen LogP contribution in [0.25, 0.3) is 5.69 Å². The third kappa shape index (κ3) is 3.22. The van der Waals surface area contributed by atoms with Gasteiger partial charge in [0, 0.05) is 19.0 Å². The Kier molecular flexibility index (Phi) is 4.34. The maximum Gasteiger partial charge on any atom is 0.123 e. The zero-order chi connectivity index (χ0) is 16.2. The molecule has 0 radical (unpaired) electrons. The Morgan fingerprint density at radius 2 is 1.96 bits per heavy atom. The number of aromatic nitrogens is 3. The molecule has 0 fully saturated rings. The lowest BCUT2D eigenvalue weighted by Gasteiger charge is -2.09. The van der Waals surface area contributed by atoms with Gasteiger partial charge < -0.3 is 10.5 Å². The van der Waals surface area contributed by atoms with Crippen molar-refractivity contribution in [1.29, 1.82) is 0 Å². The van der Waals surface area contributed by atoms with Gasteiger partial charge in [-0.1, -0.05) is 23.4 Å². The highest BCUT2D eigenvalue weighted by molar-refractivity contribution is 5.41. The van der Waals surface area contributed by atoms with Gasteiger partial charge >= 0.3 is 0 Å². The third-order valence-electron chi connectivity index (χ3n) is 3.62. The zero-order valence-electron chi connectivity index (χ0n) is 12.7. The van der Waals surface area contributed by atoms with Gasteiger partial charge in [0.05, 0.1) is 18.5 Å². The van der Waals surface area contributed by atoms with Crippen LogP contribution in [0, 0.1) is 5.82 Å². The molecule has 2 aromatic carbocycles. The van der Waals surface area contributed by atoms with E-state index in [0.717, 1.165) is 28.4 Å². The predicted molar refractivity (Wildman–Crippen MR) is 85.0 cm³/mol. The lowest BCUT2D eigenvalue weighted by atomic mass is 10.1. The molecule has 3 rings (SSSR count). The quantitative estimate of drug-likeness (QED) is 0.786. The molecule has 23 heavy (non-hydrogen) atoms. The Morgan fingerprint density at radius 3 is 2.65 bits per heavy atom. The summed E-state index contributed by atoms with van der Waals surface area (Å²) >= 11 is 0. The van der Waals surface area contributed by atoms with E-state index in [-0.39, 0.29) is 5.82 Å². The summed E-state index contributed by atoms with van der Waals surface area (Å²) in [5, 5.41) is 8.36. The molecule has 0 saturated heterocycles. The molecular formula is C17H17FN4O. The average molecular weight is 312 g/mol. The molecule has 0 aliphatic rings. The van der Waals surface area contributed by atoms with E-state index in [0.29, 0.717) is 13.0 Å². The van der Waals surface area contributed by atoms with Crippen molar-refractivity contribution in [2.75, 3.05) is 7.11 Å². The molecule has 0 amide bonds. The first-order valence-corrected chi connectivity index (χ1v) is 7.23. The number of nitrogens with two attached hydrogens (primary N) is 1. The molecule has 0 saturated carbocycles. The van der Waals surface area contributed by atoms with E-state index in [1.165, 1.54) is 12.1 Å². The third-order valence-corrected chi connectivity index (χ3v) is 3.62. The highest BCUT2D eigenvalue weighted by Crippen LogP contribution is 2.20. The van der Waals surface area contributed by atoms with Crippen LogP contribution in [0.3, 0.4) is 0 Å². The van der Waals surface area contributed by atoms with Gasteiger partial charge in [0.1, 0.15) is 17.3 Å². The predicted octanol–water partition coefficient (Wildman–Crippen LogP) is 2.46. The lowest BCUT2D eigenvalue weighted by molar-refractivity contribution is 0.414. The minimum atomic E-state index is -0.257. The molecule has 0 spiro atoms. The summed E-state index contributed by atoms with van der Waals surface area (Å²) in [6.45, 7) is 0.292. The molecule has 3 aromatic rings. The number of hydrogen-bond donors (Lipinski definition) is 1. The molecular weight excluding hydrogens is 295 g/mol. The number of methoxy groups -OCH3 is 1. The van der Waals surface area contributed by atoms with E-state index in [4.69, 9.17) is 10.5 Å². The van der Waals surface area contributed by atoms with Gasteiger partial charge in [-0.3, -0.25) is 0 Å². The van der Waals surface area contributed by atoms with E-state index >= 15 is 0 Å². The Morgan fingerprint density at radius 1 is 1.17 bits per heavy atom. The van der Waals surface area contributed by atoms with E-state index < -0.39 is 0 Å². The molecule has 0 atom stereocenters. The van der Waals surface area contributed by atoms with E-state index in [1.54, 1.807) is 23.9 Å². The summed E-state index contributed by atoms with van der Waals surface area (Å²) in [5.74, 6) is 0.479. The number of halogens is 1. The van der Waals surface area contributed by atoms with E-state index in [1.807, 2.05) is 24.3 Å². The summed E-state index contributed by atoms with van der Waals surface area (Å²) in [6, 6.07) is 13.9. The van der Waals surface area contributed by atoms with Crippen LogP contribution in [0.15, 0.2) is 48.5 Å². The number of nitrogens with zero attached hydrogens (tertiary/aromatic N) is 3. The zero-order valence-corrected chi connectivity index (χ0v) is 12.7. The first kappa shape index (κ1) is 15.2. The van der Waals surface area contributed by atoms with Crippen molar-refractivity contribution in [1.82, 2.24) is 15.0 Å². The van der Waals surface area contributed by atoms with Crippen molar-refractivity contribution in [2.45, 2.75) is 13.0 Å². The number of ether oxygens (including phenoxy) is 1. The molecule has 0 aliphatic carbocycles. The standard InChI is InChI=1S/C17H17FN4O/c1-23-15-4-2-3-14(10-15)22-17(16(11-19)20-21-22)9-12-5-7-13(18)8-6-12/h2-8,10H,9,11,19H2,1H3. The first-order chi connectivity index (χ1) is 11.2. The topological polar surface area (TPSA) is 66.0 Å². The van der Waals surface area contributed by atoms with Crippen LogP contribution in [0.4, 0.5) is 4.39 Å². The Hall–Kier alpha value is -2.73. The SMILES string of the molecule is COc1cccc(-n2nnc(CN)c2Cc2ccc(F)cc2)c1. The Labute approximate surface area is 133 Å². The van der Waals surface area contributed by atoms with Gasteiger partial charge in [0.15, 0.2) is 0 Å². The minimum absolute atomic E-state index is 0.257. The Balaban J connectivity index is 2.01. The smallest absolute Gasteiger partial charge is 0.123 e. The molecule has 2 N–H and O–H groups in total. The van der Waals surface area contributed by atoms with Crippen molar-refractivity contribution in [3.63, 3.8) is 0 Å². The van der Waals surface area contributed by atoms with Gasteiger partial charge in [-0.15, -0.1) is 5.10 Å². The summed E-state index contributed by atoms with van der Waals surface area (Å²) in [4.78, 5) is 0. The number of rotatable bonds is 5. The van der Waals surface area contributed by atoms with Crippen molar-refractivity contribution < 1.29 is 9.13 Å². The van der Waals surface area contributed by atoms with Gasteiger partial charge in [-0.05, 0) is 29.8 Å². The van der Waals surface area contributed by atoms with Crippen LogP contribution in [0.5, 0.6) is 5.75 Å². The van der Waals surface area contributed by atoms with Crippen LogP contribution < -0.4 is 10.5 Å². The molecule has 0 bridgehead atoms. The van der Waals surface area contributed by atoms with Crippen LogP contribution in [-0.2, 0) is 13.0 Å². The molecule has 1 heterocycles. The fraction of sp³-hybridized carbons (Fsp3) is 0.176. The van der Waals surface area contributed by atoms with E-state index in [9.17, 15) is 4.39 Å². The van der Waals surface area contributed by atoms with Crippen molar-refractivity contribution >= 4 is 0 Å². The first-order valence-electron chi connectivity index (χ1n) is 7.23. The second-order valence-corrected chi connectivity index (χ2v) is 5.10. The van der Waals surface area contributed by atoms with Gasteiger partial charge in [0.25, 0.3) is 0 Å². The van der Waals surface area contributed by atoms with Crippen LogP contribution in [0.1, 0.15) is 17.0 Å². The number of hydrogen-bond acceptors (Lipinski definition) is 4. The van der Waals surface area contributed by atoms with Crippen molar-refractivity contribution in [3.05, 3.63) is 71.3 Å². The number of benzene rings is 2. The summed E-state index contributed by atoms with van der Waals surface area (Å²) in [6.07, 6.45) is 0.566. The van der Waals surface area contributed by atoms with E-state index in [2.05, 4.69) is 10.3 Å². The van der Waals surface area contributed by atoms with Crippen molar-refractivity contribution in [2.24, 2.45) is 5.73 Å². The largest absolute Gasteiger partial charge is 0.497 e. The fourth-order valence-electron chi connectivity index (χ4n) is 2.41. The van der Waals surface area contributed by atoms with Gasteiger partial charge in [0.2, 0.25) is 0 Å².